The summed E-state index contributed by atoms with van der Waals surface area (Å²) >= 11 is 6.17. The van der Waals surface area contributed by atoms with Gasteiger partial charge in [0.1, 0.15) is 17.2 Å². The number of carbonyl (C=O) groups is 2. The van der Waals surface area contributed by atoms with Crippen LogP contribution in [0.1, 0.15) is 112 Å². The molecule has 0 bridgehead atoms. The zero-order valence-corrected chi connectivity index (χ0v) is 27.2. The van der Waals surface area contributed by atoms with Crippen molar-refractivity contribution in [3.05, 3.63) is 75.8 Å². The summed E-state index contributed by atoms with van der Waals surface area (Å²) < 4.78 is 15.8. The Morgan fingerprint density at radius 1 is 1.18 bits per heavy atom. The van der Waals surface area contributed by atoms with E-state index in [0.717, 1.165) is 62.8 Å². The number of nitrogens with one attached hydrogen (secondary N) is 2. The van der Waals surface area contributed by atoms with Gasteiger partial charge < -0.3 is 10.2 Å². The van der Waals surface area contributed by atoms with Gasteiger partial charge in [-0.3, -0.25) is 19.3 Å². The highest BCUT2D eigenvalue weighted by Gasteiger charge is 2.52. The van der Waals surface area contributed by atoms with Crippen molar-refractivity contribution in [2.24, 2.45) is 23.4 Å². The predicted molar refractivity (Wildman–Crippen MR) is 171 cm³/mol. The van der Waals surface area contributed by atoms with Crippen LogP contribution >= 0.6 is 11.6 Å². The number of H-pyrrole nitrogens is 1. The first-order valence-electron chi connectivity index (χ1n) is 15.8. The summed E-state index contributed by atoms with van der Waals surface area (Å²) in [6.45, 7) is 9.38. The number of aliphatic imine (C=N–C) groups is 1. The minimum Gasteiger partial charge on any atom is -0.345 e. The molecular formula is C34H44ClFN6O2. The fourth-order valence-corrected chi connectivity index (χ4v) is 6.90. The predicted octanol–water partition coefficient (Wildman–Crippen LogP) is 7.36. The standard InChI is InChI=1S/C34H44ClFN6O2/c1-6-8-9-28(22-10-12-23(13-11-22)31(43)37-21-29-39-40-41(29)5)42-32(44)30(24-14-15-27(36)26(35)20-24)38-34(42)18-16-25(17-19-34)33(3,4)7-2/h10-15,20,25,28,40H,6-9,16-19,21H2,1-5H3,(H,37,43)/t25?,28-,34?/m1/s1. The number of nitrogens with zero attached hydrogens (tertiary/aromatic N) is 4. The maximum Gasteiger partial charge on any atom is 0.275 e. The van der Waals surface area contributed by atoms with Gasteiger partial charge in [-0.1, -0.05) is 70.7 Å². The van der Waals surface area contributed by atoms with E-state index in [2.05, 4.69) is 43.3 Å². The Hall–Kier alpha value is -3.46. The molecule has 3 aromatic rings. The third-order valence-corrected chi connectivity index (χ3v) is 10.3. The number of aromatic nitrogens is 3. The van der Waals surface area contributed by atoms with Gasteiger partial charge in [-0.2, -0.15) is 0 Å². The second-order valence-electron chi connectivity index (χ2n) is 13.0. The molecule has 1 saturated carbocycles. The van der Waals surface area contributed by atoms with E-state index in [0.29, 0.717) is 29.3 Å². The Morgan fingerprint density at radius 2 is 1.89 bits per heavy atom. The summed E-state index contributed by atoms with van der Waals surface area (Å²) in [5.74, 6) is 0.437. The first-order valence-corrected chi connectivity index (χ1v) is 16.2. The zero-order chi connectivity index (χ0) is 31.6. The molecule has 44 heavy (non-hydrogen) atoms. The quantitative estimate of drug-likeness (QED) is 0.234. The summed E-state index contributed by atoms with van der Waals surface area (Å²) in [4.78, 5) is 34.5. The van der Waals surface area contributed by atoms with E-state index in [1.165, 1.54) is 12.1 Å². The number of carbonyl (C=O) groups excluding carboxylic acids is 2. The van der Waals surface area contributed by atoms with Gasteiger partial charge in [-0.05, 0) is 79.3 Å². The van der Waals surface area contributed by atoms with Crippen LogP contribution in [0.5, 0.6) is 0 Å². The van der Waals surface area contributed by atoms with Gasteiger partial charge in [0.15, 0.2) is 5.82 Å². The van der Waals surface area contributed by atoms with E-state index in [1.54, 1.807) is 10.7 Å². The molecule has 5 rings (SSSR count). The SMILES string of the molecule is CCCC[C@H](c1ccc(C(=O)NCc2n[nH]n2C)cc1)N1C(=O)C(c2ccc(F)c(Cl)c2)=NC12CCC(C(C)(C)CC)CC2. The van der Waals surface area contributed by atoms with Crippen LogP contribution in [0.4, 0.5) is 4.39 Å². The molecule has 1 fully saturated rings. The summed E-state index contributed by atoms with van der Waals surface area (Å²) in [5, 5.41) is 9.67. The topological polar surface area (TPSA) is 95.4 Å². The van der Waals surface area contributed by atoms with Crippen LogP contribution < -0.4 is 5.32 Å². The molecule has 2 N–H and O–H groups in total. The zero-order valence-electron chi connectivity index (χ0n) is 26.4. The first-order chi connectivity index (χ1) is 21.0. The van der Waals surface area contributed by atoms with Gasteiger partial charge in [0.2, 0.25) is 0 Å². The Morgan fingerprint density at radius 3 is 2.45 bits per heavy atom. The van der Waals surface area contributed by atoms with Crippen molar-refractivity contribution in [1.29, 1.82) is 0 Å². The average Bonchev–Trinajstić information content (AvgIpc) is 3.29. The normalized spacial score (nSPS) is 21.2. The monoisotopic (exact) mass is 622 g/mol. The third kappa shape index (κ3) is 6.21. The lowest BCUT2D eigenvalue weighted by Gasteiger charge is -2.48. The molecule has 1 aromatic heterocycles. The van der Waals surface area contributed by atoms with Gasteiger partial charge in [-0.25, -0.2) is 9.60 Å². The van der Waals surface area contributed by atoms with Crippen molar-refractivity contribution in [3.8, 4) is 0 Å². The van der Waals surface area contributed by atoms with E-state index in [1.807, 2.05) is 36.2 Å². The maximum atomic E-state index is 14.4. The van der Waals surface area contributed by atoms with E-state index >= 15 is 0 Å². The molecule has 1 aliphatic carbocycles. The molecule has 8 nitrogen and oxygen atoms in total. The van der Waals surface area contributed by atoms with Crippen molar-refractivity contribution in [1.82, 2.24) is 25.2 Å². The van der Waals surface area contributed by atoms with Gasteiger partial charge in [0.05, 0.1) is 17.6 Å². The number of benzene rings is 2. The average molecular weight is 623 g/mol. The fraction of sp³-hybridized carbons (Fsp3) is 0.529. The number of amides is 2. The molecular weight excluding hydrogens is 579 g/mol. The fourth-order valence-electron chi connectivity index (χ4n) is 6.72. The second-order valence-corrected chi connectivity index (χ2v) is 13.4. The molecule has 0 radical (unpaired) electrons. The maximum absolute atomic E-state index is 14.4. The van der Waals surface area contributed by atoms with Crippen LogP contribution in [0.25, 0.3) is 0 Å². The highest BCUT2D eigenvalue weighted by molar-refractivity contribution is 6.47. The Labute approximate surface area is 264 Å². The molecule has 2 heterocycles. The molecule has 2 aromatic carbocycles. The molecule has 0 unspecified atom stereocenters. The summed E-state index contributed by atoms with van der Waals surface area (Å²) in [6.07, 6.45) is 7.25. The van der Waals surface area contributed by atoms with Gasteiger partial charge in [-0.15, -0.1) is 5.10 Å². The molecule has 2 aliphatic rings. The number of aromatic amines is 1. The van der Waals surface area contributed by atoms with Crippen LogP contribution in [0.3, 0.4) is 0 Å². The lowest BCUT2D eigenvalue weighted by atomic mass is 9.67. The number of aryl methyl sites for hydroxylation is 1. The minimum absolute atomic E-state index is 0.0254. The first kappa shape index (κ1) is 31.9. The van der Waals surface area contributed by atoms with Crippen LogP contribution in [0, 0.1) is 17.2 Å². The van der Waals surface area contributed by atoms with E-state index in [-0.39, 0.29) is 28.3 Å². The Balaban J connectivity index is 1.47. The van der Waals surface area contributed by atoms with Gasteiger partial charge >= 0.3 is 0 Å². The highest BCUT2D eigenvalue weighted by Crippen LogP contribution is 2.50. The van der Waals surface area contributed by atoms with Gasteiger partial charge in [0, 0.05) is 18.2 Å². The van der Waals surface area contributed by atoms with Crippen molar-refractivity contribution in [2.75, 3.05) is 0 Å². The van der Waals surface area contributed by atoms with Crippen molar-refractivity contribution >= 4 is 29.1 Å². The van der Waals surface area contributed by atoms with Crippen LogP contribution in [-0.4, -0.2) is 43.1 Å². The molecule has 10 heteroatoms. The molecule has 2 amide bonds. The van der Waals surface area contributed by atoms with E-state index in [9.17, 15) is 14.0 Å². The largest absolute Gasteiger partial charge is 0.345 e. The molecule has 1 spiro atoms. The molecule has 1 aliphatic heterocycles. The molecule has 236 valence electrons. The lowest BCUT2D eigenvalue weighted by Crippen LogP contribution is -2.51. The summed E-state index contributed by atoms with van der Waals surface area (Å²) in [5.41, 5.74) is 1.92. The smallest absolute Gasteiger partial charge is 0.275 e. The molecule has 0 saturated heterocycles. The van der Waals surface area contributed by atoms with Crippen LogP contribution in [0.15, 0.2) is 47.5 Å². The van der Waals surface area contributed by atoms with Crippen LogP contribution in [-0.2, 0) is 18.4 Å². The van der Waals surface area contributed by atoms with Crippen molar-refractivity contribution in [2.45, 2.75) is 97.3 Å². The Kier molecular flexibility index (Phi) is 9.35. The summed E-state index contributed by atoms with van der Waals surface area (Å²) in [6, 6.07) is 11.7. The number of hydrogen-bond acceptors (Lipinski definition) is 4. The van der Waals surface area contributed by atoms with Crippen molar-refractivity contribution < 1.29 is 14.0 Å². The number of rotatable bonds is 11. The Bertz CT molecular complexity index is 1520. The number of halogens is 2. The second kappa shape index (κ2) is 12.9. The van der Waals surface area contributed by atoms with Crippen LogP contribution in [0.2, 0.25) is 5.02 Å². The number of unbranched alkanes of at least 4 members (excludes halogenated alkanes) is 1. The van der Waals surface area contributed by atoms with E-state index in [4.69, 9.17) is 16.6 Å². The molecule has 1 atom stereocenters. The van der Waals surface area contributed by atoms with Gasteiger partial charge in [0.25, 0.3) is 11.8 Å². The minimum atomic E-state index is -0.689. The third-order valence-electron chi connectivity index (χ3n) is 10.0. The van der Waals surface area contributed by atoms with E-state index < -0.39 is 11.5 Å². The highest BCUT2D eigenvalue weighted by atomic mass is 35.5. The van der Waals surface area contributed by atoms with Crippen molar-refractivity contribution in [3.63, 3.8) is 0 Å². The number of hydrogen-bond donors (Lipinski definition) is 2. The summed E-state index contributed by atoms with van der Waals surface area (Å²) in [7, 11) is 1.84. The lowest BCUT2D eigenvalue weighted by molar-refractivity contribution is -0.133.